The fraction of sp³-hybridized carbons (Fsp3) is 0.353. The van der Waals surface area contributed by atoms with Gasteiger partial charge in [-0.05, 0) is 37.3 Å². The minimum atomic E-state index is -0.392. The van der Waals surface area contributed by atoms with Crippen LogP contribution in [0.15, 0.2) is 36.7 Å². The number of ether oxygens (including phenoxy) is 1. The van der Waals surface area contributed by atoms with E-state index in [2.05, 4.69) is 39.6 Å². The molecule has 1 N–H and O–H groups in total. The van der Waals surface area contributed by atoms with Gasteiger partial charge in [-0.3, -0.25) is 0 Å². The number of aryl methyl sites for hydroxylation is 1. The van der Waals surface area contributed by atoms with Crippen LogP contribution in [-0.4, -0.2) is 22.5 Å². The molecule has 5 heteroatoms. The van der Waals surface area contributed by atoms with E-state index in [1.807, 2.05) is 0 Å². The van der Waals surface area contributed by atoms with Crippen LogP contribution in [0.25, 0.3) is 0 Å². The van der Waals surface area contributed by atoms with E-state index < -0.39 is 5.97 Å². The molecule has 1 aromatic carbocycles. The van der Waals surface area contributed by atoms with Crippen molar-refractivity contribution in [3.8, 4) is 0 Å². The number of carbonyl (C=O) groups excluding carboxylic acids is 1. The van der Waals surface area contributed by atoms with Crippen molar-refractivity contribution in [2.45, 2.75) is 32.2 Å². The van der Waals surface area contributed by atoms with Crippen molar-refractivity contribution >= 4 is 11.9 Å². The summed E-state index contributed by atoms with van der Waals surface area (Å²) >= 11 is 0. The van der Waals surface area contributed by atoms with Gasteiger partial charge in [0.2, 0.25) is 5.95 Å². The Morgan fingerprint density at radius 3 is 2.86 bits per heavy atom. The SMILES string of the molecule is CCOC(=O)c1cnc(NC2CCCc3ccccc32)nc1. The van der Waals surface area contributed by atoms with Gasteiger partial charge in [0.15, 0.2) is 0 Å². The molecule has 0 saturated carbocycles. The first-order chi connectivity index (χ1) is 10.8. The fourth-order valence-electron chi connectivity index (χ4n) is 2.78. The third-order valence-corrected chi connectivity index (χ3v) is 3.84. The number of anilines is 1. The van der Waals surface area contributed by atoms with Gasteiger partial charge < -0.3 is 10.1 Å². The summed E-state index contributed by atoms with van der Waals surface area (Å²) in [4.78, 5) is 20.0. The first kappa shape index (κ1) is 14.5. The summed E-state index contributed by atoms with van der Waals surface area (Å²) in [7, 11) is 0. The molecule has 0 bridgehead atoms. The lowest BCUT2D eigenvalue weighted by atomic mass is 9.88. The molecule has 0 radical (unpaired) electrons. The Bertz CT molecular complexity index is 655. The van der Waals surface area contributed by atoms with E-state index in [-0.39, 0.29) is 6.04 Å². The third-order valence-electron chi connectivity index (χ3n) is 3.84. The number of benzene rings is 1. The highest BCUT2D eigenvalue weighted by Crippen LogP contribution is 2.31. The van der Waals surface area contributed by atoms with Gasteiger partial charge in [-0.15, -0.1) is 0 Å². The maximum atomic E-state index is 11.6. The summed E-state index contributed by atoms with van der Waals surface area (Å²) in [6.45, 7) is 2.12. The molecule has 1 heterocycles. The molecule has 0 aliphatic heterocycles. The van der Waals surface area contributed by atoms with Crippen LogP contribution < -0.4 is 5.32 Å². The van der Waals surface area contributed by atoms with Crippen LogP contribution in [0, 0.1) is 0 Å². The van der Waals surface area contributed by atoms with Gasteiger partial charge in [0, 0.05) is 12.4 Å². The van der Waals surface area contributed by atoms with E-state index in [4.69, 9.17) is 4.74 Å². The number of aromatic nitrogens is 2. The number of carbonyl (C=O) groups is 1. The van der Waals surface area contributed by atoms with Gasteiger partial charge >= 0.3 is 5.97 Å². The monoisotopic (exact) mass is 297 g/mol. The lowest BCUT2D eigenvalue weighted by molar-refractivity contribution is 0.0525. The molecule has 0 spiro atoms. The van der Waals surface area contributed by atoms with Crippen LogP contribution in [-0.2, 0) is 11.2 Å². The quantitative estimate of drug-likeness (QED) is 0.878. The summed E-state index contributed by atoms with van der Waals surface area (Å²) in [5, 5.41) is 3.36. The standard InChI is InChI=1S/C17H19N3O2/c1-2-22-16(21)13-10-18-17(19-11-13)20-15-9-5-7-12-6-3-4-8-14(12)15/h3-4,6,8,10-11,15H,2,5,7,9H2,1H3,(H,18,19,20). The molecule has 1 aliphatic rings. The van der Waals surface area contributed by atoms with E-state index >= 15 is 0 Å². The summed E-state index contributed by atoms with van der Waals surface area (Å²) in [6, 6.07) is 8.68. The molecule has 0 amide bonds. The molecule has 1 aromatic heterocycles. The van der Waals surface area contributed by atoms with E-state index in [0.717, 1.165) is 19.3 Å². The van der Waals surface area contributed by atoms with Crippen molar-refractivity contribution in [2.75, 3.05) is 11.9 Å². The second-order valence-electron chi connectivity index (χ2n) is 5.30. The number of rotatable bonds is 4. The smallest absolute Gasteiger partial charge is 0.341 e. The second kappa shape index (κ2) is 6.56. The minimum absolute atomic E-state index is 0.221. The van der Waals surface area contributed by atoms with Crippen molar-refractivity contribution in [1.82, 2.24) is 9.97 Å². The van der Waals surface area contributed by atoms with Gasteiger partial charge in [-0.25, -0.2) is 14.8 Å². The molecule has 0 saturated heterocycles. The number of hydrogen-bond donors (Lipinski definition) is 1. The topological polar surface area (TPSA) is 64.1 Å². The number of esters is 1. The Balaban J connectivity index is 1.73. The van der Waals surface area contributed by atoms with Crippen LogP contribution in [0.5, 0.6) is 0 Å². The number of nitrogens with one attached hydrogen (secondary N) is 1. The van der Waals surface area contributed by atoms with Crippen LogP contribution in [0.3, 0.4) is 0 Å². The molecule has 22 heavy (non-hydrogen) atoms. The Morgan fingerprint density at radius 2 is 2.09 bits per heavy atom. The molecule has 3 rings (SSSR count). The zero-order chi connectivity index (χ0) is 15.4. The zero-order valence-corrected chi connectivity index (χ0v) is 12.6. The summed E-state index contributed by atoms with van der Waals surface area (Å²) in [5.74, 6) is 0.145. The lowest BCUT2D eigenvalue weighted by Gasteiger charge is -2.26. The highest BCUT2D eigenvalue weighted by molar-refractivity contribution is 5.88. The Morgan fingerprint density at radius 1 is 1.32 bits per heavy atom. The average Bonchev–Trinajstić information content (AvgIpc) is 2.56. The highest BCUT2D eigenvalue weighted by Gasteiger charge is 2.20. The normalized spacial score (nSPS) is 16.7. The van der Waals surface area contributed by atoms with E-state index in [0.29, 0.717) is 18.1 Å². The van der Waals surface area contributed by atoms with E-state index in [9.17, 15) is 4.79 Å². The fourth-order valence-corrected chi connectivity index (χ4v) is 2.78. The van der Waals surface area contributed by atoms with Gasteiger partial charge in [0.25, 0.3) is 0 Å². The highest BCUT2D eigenvalue weighted by atomic mass is 16.5. The van der Waals surface area contributed by atoms with Crippen LogP contribution in [0.4, 0.5) is 5.95 Å². The molecule has 1 unspecified atom stereocenters. The molecule has 0 fully saturated rings. The molecule has 114 valence electrons. The zero-order valence-electron chi connectivity index (χ0n) is 12.6. The number of hydrogen-bond acceptors (Lipinski definition) is 5. The minimum Gasteiger partial charge on any atom is -0.462 e. The first-order valence-corrected chi connectivity index (χ1v) is 7.61. The van der Waals surface area contributed by atoms with E-state index in [1.165, 1.54) is 23.5 Å². The molecular weight excluding hydrogens is 278 g/mol. The number of fused-ring (bicyclic) bond motifs is 1. The predicted octanol–water partition coefficient (Wildman–Crippen LogP) is 3.14. The van der Waals surface area contributed by atoms with Crippen LogP contribution in [0.2, 0.25) is 0 Å². The van der Waals surface area contributed by atoms with Crippen molar-refractivity contribution in [3.63, 3.8) is 0 Å². The average molecular weight is 297 g/mol. The summed E-state index contributed by atoms with van der Waals surface area (Å²) in [5.41, 5.74) is 3.07. The Kier molecular flexibility index (Phi) is 4.32. The maximum absolute atomic E-state index is 11.6. The first-order valence-electron chi connectivity index (χ1n) is 7.61. The number of nitrogens with zero attached hydrogens (tertiary/aromatic N) is 2. The van der Waals surface area contributed by atoms with Crippen molar-refractivity contribution in [1.29, 1.82) is 0 Å². The van der Waals surface area contributed by atoms with Crippen molar-refractivity contribution in [3.05, 3.63) is 53.3 Å². The van der Waals surface area contributed by atoms with Crippen molar-refractivity contribution < 1.29 is 9.53 Å². The summed E-state index contributed by atoms with van der Waals surface area (Å²) < 4.78 is 4.92. The van der Waals surface area contributed by atoms with Crippen molar-refractivity contribution in [2.24, 2.45) is 0 Å². The van der Waals surface area contributed by atoms with Gasteiger partial charge in [0.05, 0.1) is 18.2 Å². The molecule has 1 aliphatic carbocycles. The largest absolute Gasteiger partial charge is 0.462 e. The van der Waals surface area contributed by atoms with Gasteiger partial charge in [0.1, 0.15) is 0 Å². The van der Waals surface area contributed by atoms with Gasteiger partial charge in [-0.2, -0.15) is 0 Å². The Hall–Kier alpha value is -2.43. The van der Waals surface area contributed by atoms with Crippen LogP contribution >= 0.6 is 0 Å². The molecule has 5 nitrogen and oxygen atoms in total. The van der Waals surface area contributed by atoms with E-state index in [1.54, 1.807) is 6.92 Å². The lowest BCUT2D eigenvalue weighted by Crippen LogP contribution is -2.18. The van der Waals surface area contributed by atoms with Crippen LogP contribution in [0.1, 0.15) is 47.3 Å². The molecule has 1 atom stereocenters. The van der Waals surface area contributed by atoms with Gasteiger partial charge in [-0.1, -0.05) is 24.3 Å². The Labute approximate surface area is 129 Å². The predicted molar refractivity (Wildman–Crippen MR) is 83.7 cm³/mol. The third kappa shape index (κ3) is 3.08. The second-order valence-corrected chi connectivity index (χ2v) is 5.30. The molecule has 2 aromatic rings. The summed E-state index contributed by atoms with van der Waals surface area (Å²) in [6.07, 6.45) is 6.33. The maximum Gasteiger partial charge on any atom is 0.341 e. The molecular formula is C17H19N3O2.